The van der Waals surface area contributed by atoms with Crippen LogP contribution in [-0.2, 0) is 15.3 Å². The largest absolute Gasteiger partial charge is 0.508 e. The number of rotatable bonds is 6. The molecular formula is C28H20ClN3O6S2. The molecule has 1 unspecified atom stereocenters. The summed E-state index contributed by atoms with van der Waals surface area (Å²) in [4.78, 5) is 28.1. The molecular weight excluding hydrogens is 574 g/mol. The average molecular weight is 594 g/mol. The lowest BCUT2D eigenvalue weighted by molar-refractivity contribution is -0.132. The zero-order valence-corrected chi connectivity index (χ0v) is 23.0. The van der Waals surface area contributed by atoms with E-state index in [2.05, 4.69) is 10.2 Å². The monoisotopic (exact) mass is 593 g/mol. The van der Waals surface area contributed by atoms with Crippen molar-refractivity contribution in [2.45, 2.75) is 16.1 Å². The summed E-state index contributed by atoms with van der Waals surface area (Å²) in [5, 5.41) is 30.8. The van der Waals surface area contributed by atoms with Crippen LogP contribution in [0.25, 0.3) is 5.76 Å². The first-order valence-corrected chi connectivity index (χ1v) is 14.3. The van der Waals surface area contributed by atoms with Gasteiger partial charge in [0.15, 0.2) is 15.8 Å². The molecule has 40 heavy (non-hydrogen) atoms. The number of fused-ring (bicyclic) bond motifs is 1. The number of aliphatic hydroxyl groups is 1. The predicted octanol–water partition coefficient (Wildman–Crippen LogP) is 5.59. The molecule has 3 aromatic carbocycles. The minimum atomic E-state index is -1.06. The number of ether oxygens (including phenoxy) is 2. The highest BCUT2D eigenvalue weighted by atomic mass is 35.5. The fraction of sp³-hybridized carbons (Fsp3) is 0.143. The van der Waals surface area contributed by atoms with Gasteiger partial charge in [-0.15, -0.1) is 10.2 Å². The van der Waals surface area contributed by atoms with E-state index >= 15 is 0 Å². The zero-order chi connectivity index (χ0) is 27.8. The van der Waals surface area contributed by atoms with Crippen LogP contribution < -0.4 is 14.4 Å². The van der Waals surface area contributed by atoms with E-state index in [4.69, 9.17) is 21.1 Å². The molecule has 0 bridgehead atoms. The topological polar surface area (TPSA) is 122 Å². The minimum Gasteiger partial charge on any atom is -0.508 e. The number of aromatic hydroxyl groups is 1. The number of anilines is 1. The van der Waals surface area contributed by atoms with Gasteiger partial charge in [-0.1, -0.05) is 65.0 Å². The SMILES string of the molecule is O=C1C(=O)N(c2nnc(SCc3ccccc3Cl)s2)C(c2cccc(O)c2)C1=C(O)c1ccc2c(c1)OCCO2. The maximum absolute atomic E-state index is 13.4. The van der Waals surface area contributed by atoms with Gasteiger partial charge in [0.25, 0.3) is 5.78 Å². The van der Waals surface area contributed by atoms with Crippen LogP contribution in [0.3, 0.4) is 0 Å². The molecule has 2 aliphatic rings. The number of nitrogens with zero attached hydrogens (tertiary/aromatic N) is 3. The van der Waals surface area contributed by atoms with Gasteiger partial charge in [-0.25, -0.2) is 0 Å². The number of benzene rings is 3. The molecule has 12 heteroatoms. The summed E-state index contributed by atoms with van der Waals surface area (Å²) in [7, 11) is 0. The van der Waals surface area contributed by atoms with Crippen LogP contribution >= 0.6 is 34.7 Å². The molecule has 0 spiro atoms. The van der Waals surface area contributed by atoms with Crippen molar-refractivity contribution in [1.82, 2.24) is 10.2 Å². The number of aliphatic hydroxyl groups excluding tert-OH is 1. The van der Waals surface area contributed by atoms with Gasteiger partial charge in [-0.05, 0) is 47.5 Å². The molecule has 4 aromatic rings. The highest BCUT2D eigenvalue weighted by Gasteiger charge is 2.48. The number of carbonyl (C=O) groups is 2. The van der Waals surface area contributed by atoms with Crippen molar-refractivity contribution in [1.29, 1.82) is 0 Å². The van der Waals surface area contributed by atoms with Crippen LogP contribution in [0, 0.1) is 0 Å². The van der Waals surface area contributed by atoms with Gasteiger partial charge in [0.05, 0.1) is 11.6 Å². The van der Waals surface area contributed by atoms with Gasteiger partial charge in [-0.2, -0.15) is 0 Å². The first-order valence-electron chi connectivity index (χ1n) is 12.1. The van der Waals surface area contributed by atoms with Gasteiger partial charge in [0, 0.05) is 16.3 Å². The molecule has 3 heterocycles. The van der Waals surface area contributed by atoms with E-state index in [1.807, 2.05) is 18.2 Å². The number of thioether (sulfide) groups is 1. The van der Waals surface area contributed by atoms with Crippen molar-refractivity contribution >= 4 is 57.3 Å². The molecule has 2 aliphatic heterocycles. The van der Waals surface area contributed by atoms with Crippen molar-refractivity contribution in [3.63, 3.8) is 0 Å². The molecule has 9 nitrogen and oxygen atoms in total. The molecule has 1 amide bonds. The number of hydrogen-bond acceptors (Lipinski definition) is 10. The predicted molar refractivity (Wildman–Crippen MR) is 151 cm³/mol. The van der Waals surface area contributed by atoms with Crippen LogP contribution in [0.15, 0.2) is 76.6 Å². The van der Waals surface area contributed by atoms with E-state index in [1.165, 1.54) is 28.8 Å². The fourth-order valence-electron chi connectivity index (χ4n) is 4.50. The fourth-order valence-corrected chi connectivity index (χ4v) is 6.65. The Balaban J connectivity index is 1.39. The van der Waals surface area contributed by atoms with Gasteiger partial charge in [-0.3, -0.25) is 14.5 Å². The molecule has 1 fully saturated rings. The highest BCUT2D eigenvalue weighted by Crippen LogP contribution is 2.45. The number of ketones is 1. The van der Waals surface area contributed by atoms with E-state index in [0.717, 1.165) is 16.9 Å². The van der Waals surface area contributed by atoms with Crippen molar-refractivity contribution < 1.29 is 29.3 Å². The van der Waals surface area contributed by atoms with Crippen LogP contribution in [0.5, 0.6) is 17.2 Å². The molecule has 202 valence electrons. The van der Waals surface area contributed by atoms with Crippen LogP contribution in [0.2, 0.25) is 5.02 Å². The highest BCUT2D eigenvalue weighted by molar-refractivity contribution is 8.00. The third-order valence-corrected chi connectivity index (χ3v) is 8.83. The minimum absolute atomic E-state index is 0.0596. The van der Waals surface area contributed by atoms with Crippen LogP contribution in [0.4, 0.5) is 5.13 Å². The van der Waals surface area contributed by atoms with E-state index in [1.54, 1.807) is 36.4 Å². The molecule has 6 rings (SSSR count). The lowest BCUT2D eigenvalue weighted by atomic mass is 9.95. The van der Waals surface area contributed by atoms with E-state index in [-0.39, 0.29) is 27.8 Å². The Morgan fingerprint density at radius 2 is 1.82 bits per heavy atom. The first kappa shape index (κ1) is 26.2. The van der Waals surface area contributed by atoms with Crippen molar-refractivity contribution in [2.24, 2.45) is 0 Å². The molecule has 0 saturated carbocycles. The number of hydrogen-bond donors (Lipinski definition) is 2. The molecule has 1 saturated heterocycles. The van der Waals surface area contributed by atoms with E-state index in [9.17, 15) is 19.8 Å². The normalized spacial score (nSPS) is 17.8. The smallest absolute Gasteiger partial charge is 0.301 e. The maximum atomic E-state index is 13.4. The summed E-state index contributed by atoms with van der Waals surface area (Å²) in [6.07, 6.45) is 0. The summed E-state index contributed by atoms with van der Waals surface area (Å²) in [5.41, 5.74) is 1.47. The average Bonchev–Trinajstić information content (AvgIpc) is 3.54. The Hall–Kier alpha value is -4.06. The summed E-state index contributed by atoms with van der Waals surface area (Å²) >= 11 is 8.80. The Kier molecular flexibility index (Phi) is 7.09. The second-order valence-corrected chi connectivity index (χ2v) is 11.4. The summed E-state index contributed by atoms with van der Waals surface area (Å²) in [6.45, 7) is 0.750. The molecule has 0 radical (unpaired) electrons. The Bertz CT molecular complexity index is 1670. The molecule has 1 atom stereocenters. The number of Topliss-reactive ketones (excluding diaryl/α,β-unsaturated/α-hetero) is 1. The molecule has 0 aliphatic carbocycles. The van der Waals surface area contributed by atoms with E-state index in [0.29, 0.717) is 45.4 Å². The number of phenolic OH excluding ortho intramolecular Hbond substituents is 1. The zero-order valence-electron chi connectivity index (χ0n) is 20.6. The lowest BCUT2D eigenvalue weighted by Crippen LogP contribution is -2.29. The van der Waals surface area contributed by atoms with Crippen molar-refractivity contribution in [2.75, 3.05) is 18.1 Å². The quantitative estimate of drug-likeness (QED) is 0.0968. The number of amides is 1. The number of phenols is 1. The molecule has 2 N–H and O–H groups in total. The number of aromatic nitrogens is 2. The Morgan fingerprint density at radius 1 is 1.02 bits per heavy atom. The third kappa shape index (κ3) is 4.87. The van der Waals surface area contributed by atoms with E-state index < -0.39 is 17.7 Å². The third-order valence-electron chi connectivity index (χ3n) is 6.36. The Labute approximate surface area is 241 Å². The number of halogens is 1. The van der Waals surface area contributed by atoms with Gasteiger partial charge >= 0.3 is 5.91 Å². The summed E-state index contributed by atoms with van der Waals surface area (Å²) < 4.78 is 11.7. The van der Waals surface area contributed by atoms with Crippen LogP contribution in [-0.4, -0.2) is 45.3 Å². The lowest BCUT2D eigenvalue weighted by Gasteiger charge is -2.23. The van der Waals surface area contributed by atoms with Crippen molar-refractivity contribution in [3.05, 3.63) is 94.0 Å². The summed E-state index contributed by atoms with van der Waals surface area (Å²) in [5.74, 6) is -0.731. The first-order chi connectivity index (χ1) is 19.4. The second kappa shape index (κ2) is 10.8. The standard InChI is InChI=1S/C28H20ClN3O6S2/c29-19-7-2-1-4-17(19)14-39-28-31-30-27(40-28)32-23(15-5-3-6-18(33)12-15)22(25(35)26(32)36)24(34)16-8-9-20-21(13-16)38-11-10-37-20/h1-9,12-13,23,33-34H,10-11,14H2. The van der Waals surface area contributed by atoms with Gasteiger partial charge < -0.3 is 19.7 Å². The number of carbonyl (C=O) groups excluding carboxylic acids is 2. The van der Waals surface area contributed by atoms with Gasteiger partial charge in [0.2, 0.25) is 5.13 Å². The van der Waals surface area contributed by atoms with Gasteiger partial charge in [0.1, 0.15) is 24.7 Å². The van der Waals surface area contributed by atoms with Crippen LogP contribution in [0.1, 0.15) is 22.7 Å². The maximum Gasteiger partial charge on any atom is 0.301 e. The Morgan fingerprint density at radius 3 is 2.62 bits per heavy atom. The van der Waals surface area contributed by atoms with Crippen molar-refractivity contribution in [3.8, 4) is 17.2 Å². The molecule has 1 aromatic heterocycles. The second-order valence-electron chi connectivity index (χ2n) is 8.85. The summed E-state index contributed by atoms with van der Waals surface area (Å²) in [6, 6.07) is 17.4.